The summed E-state index contributed by atoms with van der Waals surface area (Å²) in [6.07, 6.45) is 7.08. The number of benzene rings is 1. The molecule has 6 heteroatoms. The number of carbonyl (C=O) groups excluding carboxylic acids is 2. The van der Waals surface area contributed by atoms with Crippen LogP contribution in [0.3, 0.4) is 0 Å². The highest BCUT2D eigenvalue weighted by Gasteiger charge is 2.22. The summed E-state index contributed by atoms with van der Waals surface area (Å²) in [6.45, 7) is 7.11. The molecule has 0 bridgehead atoms. The van der Waals surface area contributed by atoms with Crippen molar-refractivity contribution >= 4 is 23.2 Å². The van der Waals surface area contributed by atoms with Crippen LogP contribution >= 0.6 is 0 Å². The summed E-state index contributed by atoms with van der Waals surface area (Å²) >= 11 is 0. The summed E-state index contributed by atoms with van der Waals surface area (Å²) in [5.74, 6) is -0.0554. The van der Waals surface area contributed by atoms with Crippen molar-refractivity contribution in [3.63, 3.8) is 0 Å². The zero-order valence-electron chi connectivity index (χ0n) is 17.2. The van der Waals surface area contributed by atoms with Crippen molar-refractivity contribution in [3.05, 3.63) is 24.3 Å². The van der Waals surface area contributed by atoms with Crippen molar-refractivity contribution in [3.8, 4) is 0 Å². The van der Waals surface area contributed by atoms with Gasteiger partial charge in [-0.25, -0.2) is 0 Å². The van der Waals surface area contributed by atoms with Crippen LogP contribution in [0.25, 0.3) is 0 Å². The maximum Gasteiger partial charge on any atom is 0.238 e. The molecule has 2 aliphatic rings. The number of rotatable bonds is 6. The number of piperidine rings is 2. The van der Waals surface area contributed by atoms with E-state index in [1.54, 1.807) is 0 Å². The van der Waals surface area contributed by atoms with Gasteiger partial charge in [-0.3, -0.25) is 19.4 Å². The molecule has 2 aliphatic heterocycles. The summed E-state index contributed by atoms with van der Waals surface area (Å²) in [4.78, 5) is 29.6. The minimum atomic E-state index is -0.0277. The van der Waals surface area contributed by atoms with Crippen LogP contribution in [-0.2, 0) is 9.59 Å². The van der Waals surface area contributed by atoms with Crippen LogP contribution in [0.5, 0.6) is 0 Å². The van der Waals surface area contributed by atoms with Gasteiger partial charge in [0.05, 0.1) is 24.5 Å². The molecule has 154 valence electrons. The Morgan fingerprint density at radius 3 is 1.64 bits per heavy atom. The van der Waals surface area contributed by atoms with Gasteiger partial charge < -0.3 is 10.6 Å². The standard InChI is InChI=1S/C22H34N4O2/c1-17-9-5-7-13-25(17)15-21(27)23-19-11-3-4-12-20(19)24-22(28)16-26-14-8-6-10-18(26)2/h3-4,11-12,17-18H,5-10,13-16H2,1-2H3,(H,23,27)(H,24,28). The summed E-state index contributed by atoms with van der Waals surface area (Å²) < 4.78 is 0. The molecule has 3 rings (SSSR count). The lowest BCUT2D eigenvalue weighted by atomic mass is 10.0. The minimum Gasteiger partial charge on any atom is -0.323 e. The van der Waals surface area contributed by atoms with Gasteiger partial charge in [-0.2, -0.15) is 0 Å². The predicted octanol–water partition coefficient (Wildman–Crippen LogP) is 3.31. The van der Waals surface area contributed by atoms with E-state index in [-0.39, 0.29) is 11.8 Å². The smallest absolute Gasteiger partial charge is 0.238 e. The Balaban J connectivity index is 1.56. The topological polar surface area (TPSA) is 64.7 Å². The van der Waals surface area contributed by atoms with Gasteiger partial charge in [-0.1, -0.05) is 25.0 Å². The average Bonchev–Trinajstić information content (AvgIpc) is 2.67. The molecular weight excluding hydrogens is 352 g/mol. The number of likely N-dealkylation sites (tertiary alicyclic amines) is 2. The van der Waals surface area contributed by atoms with Crippen molar-refractivity contribution < 1.29 is 9.59 Å². The minimum absolute atomic E-state index is 0.0277. The Morgan fingerprint density at radius 1 is 0.821 bits per heavy atom. The van der Waals surface area contributed by atoms with Gasteiger partial charge in [0.1, 0.15) is 0 Å². The third-order valence-corrected chi connectivity index (χ3v) is 6.05. The van der Waals surface area contributed by atoms with E-state index >= 15 is 0 Å². The first-order valence-corrected chi connectivity index (χ1v) is 10.7. The summed E-state index contributed by atoms with van der Waals surface area (Å²) in [5, 5.41) is 5.97. The maximum atomic E-state index is 12.6. The molecule has 6 nitrogen and oxygen atoms in total. The highest BCUT2D eigenvalue weighted by Crippen LogP contribution is 2.22. The van der Waals surface area contributed by atoms with Crippen LogP contribution in [0.2, 0.25) is 0 Å². The molecule has 0 saturated carbocycles. The molecule has 2 unspecified atom stereocenters. The molecule has 2 heterocycles. The molecule has 0 aromatic heterocycles. The lowest BCUT2D eigenvalue weighted by molar-refractivity contribution is -0.119. The zero-order chi connectivity index (χ0) is 19.9. The summed E-state index contributed by atoms with van der Waals surface area (Å²) in [6, 6.07) is 8.33. The molecule has 1 aromatic carbocycles. The average molecular weight is 387 g/mol. The number of para-hydroxylation sites is 2. The number of anilines is 2. The van der Waals surface area contributed by atoms with Crippen molar-refractivity contribution in [2.45, 2.75) is 64.5 Å². The maximum absolute atomic E-state index is 12.6. The Bertz CT molecular complexity index is 621. The highest BCUT2D eigenvalue weighted by atomic mass is 16.2. The van der Waals surface area contributed by atoms with E-state index in [4.69, 9.17) is 0 Å². The van der Waals surface area contributed by atoms with Gasteiger partial charge >= 0.3 is 0 Å². The molecule has 1 aromatic rings. The van der Waals surface area contributed by atoms with E-state index in [1.807, 2.05) is 24.3 Å². The second kappa shape index (κ2) is 10.0. The SMILES string of the molecule is CC1CCCCN1CC(=O)Nc1ccccc1NC(=O)CN1CCCCC1C. The van der Waals surface area contributed by atoms with Gasteiger partial charge in [-0.15, -0.1) is 0 Å². The van der Waals surface area contributed by atoms with E-state index in [9.17, 15) is 9.59 Å². The number of nitrogens with zero attached hydrogens (tertiary/aromatic N) is 2. The summed E-state index contributed by atoms with van der Waals surface area (Å²) in [5.41, 5.74) is 1.33. The molecule has 0 aliphatic carbocycles. The van der Waals surface area contributed by atoms with Gasteiger partial charge in [0.25, 0.3) is 0 Å². The molecule has 2 fully saturated rings. The van der Waals surface area contributed by atoms with Gasteiger partial charge in [0.15, 0.2) is 0 Å². The molecule has 2 atom stereocenters. The Hall–Kier alpha value is -1.92. The van der Waals surface area contributed by atoms with Crippen molar-refractivity contribution in [2.75, 3.05) is 36.8 Å². The normalized spacial score (nSPS) is 23.9. The monoisotopic (exact) mass is 386 g/mol. The number of carbonyl (C=O) groups is 2. The lowest BCUT2D eigenvalue weighted by Crippen LogP contribution is -2.43. The second-order valence-electron chi connectivity index (χ2n) is 8.27. The molecule has 28 heavy (non-hydrogen) atoms. The molecule has 2 N–H and O–H groups in total. The lowest BCUT2D eigenvalue weighted by Gasteiger charge is -2.33. The Morgan fingerprint density at radius 2 is 1.25 bits per heavy atom. The number of nitrogens with one attached hydrogen (secondary N) is 2. The second-order valence-corrected chi connectivity index (χ2v) is 8.27. The van der Waals surface area contributed by atoms with Crippen LogP contribution in [-0.4, -0.2) is 59.9 Å². The van der Waals surface area contributed by atoms with Crippen LogP contribution in [0.15, 0.2) is 24.3 Å². The van der Waals surface area contributed by atoms with E-state index < -0.39 is 0 Å². The predicted molar refractivity (Wildman–Crippen MR) is 113 cm³/mol. The third-order valence-electron chi connectivity index (χ3n) is 6.05. The highest BCUT2D eigenvalue weighted by molar-refractivity contribution is 6.00. The zero-order valence-corrected chi connectivity index (χ0v) is 17.2. The molecule has 0 spiro atoms. The van der Waals surface area contributed by atoms with E-state index in [0.717, 1.165) is 38.8 Å². The van der Waals surface area contributed by atoms with E-state index in [0.29, 0.717) is 36.5 Å². The summed E-state index contributed by atoms with van der Waals surface area (Å²) in [7, 11) is 0. The van der Waals surface area contributed by atoms with Crippen LogP contribution in [0.1, 0.15) is 52.4 Å². The van der Waals surface area contributed by atoms with E-state index in [1.165, 1.54) is 12.8 Å². The molecule has 2 amide bonds. The number of hydrogen-bond acceptors (Lipinski definition) is 4. The van der Waals surface area contributed by atoms with Crippen LogP contribution in [0, 0.1) is 0 Å². The molecule has 0 radical (unpaired) electrons. The van der Waals surface area contributed by atoms with Crippen molar-refractivity contribution in [1.82, 2.24) is 9.80 Å². The van der Waals surface area contributed by atoms with E-state index in [2.05, 4.69) is 34.3 Å². The molecular formula is C22H34N4O2. The van der Waals surface area contributed by atoms with Crippen LogP contribution < -0.4 is 10.6 Å². The van der Waals surface area contributed by atoms with Gasteiger partial charge in [0, 0.05) is 12.1 Å². The van der Waals surface area contributed by atoms with Crippen molar-refractivity contribution in [2.24, 2.45) is 0 Å². The first kappa shape index (κ1) is 20.8. The first-order valence-electron chi connectivity index (χ1n) is 10.7. The Kier molecular flexibility index (Phi) is 7.45. The largest absolute Gasteiger partial charge is 0.323 e. The molecule has 2 saturated heterocycles. The van der Waals surface area contributed by atoms with Crippen molar-refractivity contribution in [1.29, 1.82) is 0 Å². The third kappa shape index (κ3) is 5.79. The number of amides is 2. The fourth-order valence-electron chi connectivity index (χ4n) is 4.23. The first-order chi connectivity index (χ1) is 13.5. The fourth-order valence-corrected chi connectivity index (χ4v) is 4.23. The quantitative estimate of drug-likeness (QED) is 0.787. The van der Waals surface area contributed by atoms with Crippen LogP contribution in [0.4, 0.5) is 11.4 Å². The van der Waals surface area contributed by atoms with Gasteiger partial charge in [0.2, 0.25) is 11.8 Å². The fraction of sp³-hybridized carbons (Fsp3) is 0.636. The number of hydrogen-bond donors (Lipinski definition) is 2. The Labute approximate surface area is 168 Å². The van der Waals surface area contributed by atoms with Gasteiger partial charge in [-0.05, 0) is 64.8 Å².